The number of hydrogen-bond acceptors (Lipinski definition) is 2. The first-order valence-electron chi connectivity index (χ1n) is 5.11. The Labute approximate surface area is 82.7 Å². The molecule has 2 aliphatic rings. The smallest absolute Gasteiger partial charge is 0.128 e. The molecule has 74 valence electrons. The molecule has 0 aromatic heterocycles. The molecular formula is C11H13FN2. The first kappa shape index (κ1) is 8.24. The van der Waals surface area contributed by atoms with Gasteiger partial charge in [0.05, 0.1) is 6.04 Å². The highest BCUT2D eigenvalue weighted by molar-refractivity contribution is 5.59. The minimum absolute atomic E-state index is 0.0442. The average molecular weight is 192 g/mol. The first-order chi connectivity index (χ1) is 6.86. The van der Waals surface area contributed by atoms with Crippen molar-refractivity contribution in [3.63, 3.8) is 0 Å². The Kier molecular flexibility index (Phi) is 1.74. The van der Waals surface area contributed by atoms with E-state index in [4.69, 9.17) is 0 Å². The Balaban J connectivity index is 1.97. The molecule has 0 radical (unpaired) electrons. The molecule has 1 N–H and O–H groups in total. The predicted octanol–water partition coefficient (Wildman–Crippen LogP) is 1.16. The summed E-state index contributed by atoms with van der Waals surface area (Å²) in [6, 6.07) is 5.97. The standard InChI is InChI=1S/C11H13FN2/c12-10-2-1-3-11-9(10)4-5-14(11)8-6-13-7-8/h1-3,8,13H,4-7H2. The van der Waals surface area contributed by atoms with Crippen molar-refractivity contribution in [3.8, 4) is 0 Å². The molecule has 1 saturated heterocycles. The Morgan fingerprint density at radius 2 is 2.21 bits per heavy atom. The molecular weight excluding hydrogens is 179 g/mol. The van der Waals surface area contributed by atoms with Crippen molar-refractivity contribution < 1.29 is 4.39 Å². The SMILES string of the molecule is Fc1cccc2c1CCN2C1CNC1. The van der Waals surface area contributed by atoms with Gasteiger partial charge in [0.1, 0.15) is 5.82 Å². The molecule has 2 nitrogen and oxygen atoms in total. The van der Waals surface area contributed by atoms with Crippen molar-refractivity contribution in [2.45, 2.75) is 12.5 Å². The molecule has 0 aliphatic carbocycles. The normalized spacial score (nSPS) is 20.8. The molecule has 1 fully saturated rings. The zero-order valence-corrected chi connectivity index (χ0v) is 7.96. The molecule has 0 atom stereocenters. The summed E-state index contributed by atoms with van der Waals surface area (Å²) in [5.41, 5.74) is 2.01. The number of halogens is 1. The maximum atomic E-state index is 13.4. The van der Waals surface area contributed by atoms with E-state index in [1.54, 1.807) is 12.1 Å². The third-order valence-electron chi connectivity index (χ3n) is 3.21. The quantitative estimate of drug-likeness (QED) is 0.718. The molecule has 0 saturated carbocycles. The van der Waals surface area contributed by atoms with Crippen LogP contribution in [0.4, 0.5) is 10.1 Å². The van der Waals surface area contributed by atoms with E-state index in [2.05, 4.69) is 10.2 Å². The van der Waals surface area contributed by atoms with Crippen molar-refractivity contribution in [1.82, 2.24) is 5.32 Å². The highest BCUT2D eigenvalue weighted by atomic mass is 19.1. The molecule has 3 heteroatoms. The van der Waals surface area contributed by atoms with Gasteiger partial charge in [0.25, 0.3) is 0 Å². The lowest BCUT2D eigenvalue weighted by Crippen LogP contribution is -2.56. The number of hydrogen-bond donors (Lipinski definition) is 1. The van der Waals surface area contributed by atoms with Gasteiger partial charge in [-0.25, -0.2) is 4.39 Å². The maximum absolute atomic E-state index is 13.4. The number of nitrogens with zero attached hydrogens (tertiary/aromatic N) is 1. The van der Waals surface area contributed by atoms with Crippen LogP contribution in [0.5, 0.6) is 0 Å². The third-order valence-corrected chi connectivity index (χ3v) is 3.21. The number of anilines is 1. The Bertz CT molecular complexity index is 360. The summed E-state index contributed by atoms with van der Waals surface area (Å²) in [4.78, 5) is 2.33. The van der Waals surface area contributed by atoms with E-state index in [0.29, 0.717) is 6.04 Å². The Hall–Kier alpha value is -1.09. The fourth-order valence-electron chi connectivity index (χ4n) is 2.29. The molecule has 14 heavy (non-hydrogen) atoms. The van der Waals surface area contributed by atoms with Crippen molar-refractivity contribution in [1.29, 1.82) is 0 Å². The van der Waals surface area contributed by atoms with Crippen LogP contribution in [0.1, 0.15) is 5.56 Å². The fourth-order valence-corrected chi connectivity index (χ4v) is 2.29. The van der Waals surface area contributed by atoms with Crippen LogP contribution in [0, 0.1) is 5.82 Å². The van der Waals surface area contributed by atoms with E-state index < -0.39 is 0 Å². The highest BCUT2D eigenvalue weighted by Gasteiger charge is 2.30. The monoisotopic (exact) mass is 192 g/mol. The summed E-state index contributed by atoms with van der Waals surface area (Å²) in [5, 5.41) is 3.25. The van der Waals surface area contributed by atoms with E-state index in [1.807, 2.05) is 6.07 Å². The molecule has 1 aromatic rings. The summed E-state index contributed by atoms with van der Waals surface area (Å²) in [6.07, 6.45) is 0.860. The Morgan fingerprint density at radius 3 is 2.93 bits per heavy atom. The number of nitrogens with one attached hydrogen (secondary N) is 1. The van der Waals surface area contributed by atoms with E-state index in [-0.39, 0.29) is 5.82 Å². The second-order valence-electron chi connectivity index (χ2n) is 3.99. The van der Waals surface area contributed by atoms with Gasteiger partial charge in [-0.2, -0.15) is 0 Å². The molecule has 1 aromatic carbocycles. The van der Waals surface area contributed by atoms with E-state index in [9.17, 15) is 4.39 Å². The maximum Gasteiger partial charge on any atom is 0.128 e. The molecule has 2 heterocycles. The summed E-state index contributed by atoms with van der Waals surface area (Å²) < 4.78 is 13.4. The lowest BCUT2D eigenvalue weighted by atomic mass is 10.1. The van der Waals surface area contributed by atoms with Gasteiger partial charge in [0.15, 0.2) is 0 Å². The minimum atomic E-state index is -0.0442. The van der Waals surface area contributed by atoms with Crippen molar-refractivity contribution in [2.24, 2.45) is 0 Å². The van der Waals surface area contributed by atoms with Gasteiger partial charge < -0.3 is 10.2 Å². The van der Waals surface area contributed by atoms with Crippen LogP contribution in [0.25, 0.3) is 0 Å². The van der Waals surface area contributed by atoms with Crippen LogP contribution in [-0.2, 0) is 6.42 Å². The zero-order chi connectivity index (χ0) is 9.54. The fraction of sp³-hybridized carbons (Fsp3) is 0.455. The topological polar surface area (TPSA) is 15.3 Å². The van der Waals surface area contributed by atoms with E-state index in [0.717, 1.165) is 37.3 Å². The van der Waals surface area contributed by atoms with Gasteiger partial charge in [-0.3, -0.25) is 0 Å². The van der Waals surface area contributed by atoms with E-state index in [1.165, 1.54) is 0 Å². The lowest BCUT2D eigenvalue weighted by molar-refractivity contribution is 0.420. The molecule has 0 unspecified atom stereocenters. The summed E-state index contributed by atoms with van der Waals surface area (Å²) in [7, 11) is 0. The second kappa shape index (κ2) is 2.95. The van der Waals surface area contributed by atoms with Crippen LogP contribution >= 0.6 is 0 Å². The molecule has 2 aliphatic heterocycles. The van der Waals surface area contributed by atoms with Gasteiger partial charge in [-0.05, 0) is 18.6 Å². The molecule has 0 amide bonds. The number of rotatable bonds is 1. The molecule has 3 rings (SSSR count). The lowest BCUT2D eigenvalue weighted by Gasteiger charge is -2.37. The van der Waals surface area contributed by atoms with Crippen LogP contribution in [-0.4, -0.2) is 25.7 Å². The number of fused-ring (bicyclic) bond motifs is 1. The van der Waals surface area contributed by atoms with Gasteiger partial charge in [-0.15, -0.1) is 0 Å². The Morgan fingerprint density at radius 1 is 1.36 bits per heavy atom. The average Bonchev–Trinajstić information content (AvgIpc) is 2.48. The summed E-state index contributed by atoms with van der Waals surface area (Å²) in [5.74, 6) is -0.0442. The van der Waals surface area contributed by atoms with Gasteiger partial charge in [0, 0.05) is 30.9 Å². The first-order valence-corrected chi connectivity index (χ1v) is 5.11. The third kappa shape index (κ3) is 1.05. The molecule has 0 bridgehead atoms. The van der Waals surface area contributed by atoms with Gasteiger partial charge >= 0.3 is 0 Å². The van der Waals surface area contributed by atoms with Crippen molar-refractivity contribution >= 4 is 5.69 Å². The summed E-state index contributed by atoms with van der Waals surface area (Å²) >= 11 is 0. The minimum Gasteiger partial charge on any atom is -0.365 e. The largest absolute Gasteiger partial charge is 0.365 e. The second-order valence-corrected chi connectivity index (χ2v) is 3.99. The van der Waals surface area contributed by atoms with E-state index >= 15 is 0 Å². The number of benzene rings is 1. The van der Waals surface area contributed by atoms with Crippen molar-refractivity contribution in [2.75, 3.05) is 24.5 Å². The zero-order valence-electron chi connectivity index (χ0n) is 7.96. The summed E-state index contributed by atoms with van der Waals surface area (Å²) in [6.45, 7) is 3.05. The van der Waals surface area contributed by atoms with Gasteiger partial charge in [0.2, 0.25) is 0 Å². The van der Waals surface area contributed by atoms with Crippen LogP contribution in [0.15, 0.2) is 18.2 Å². The van der Waals surface area contributed by atoms with Crippen molar-refractivity contribution in [3.05, 3.63) is 29.6 Å². The van der Waals surface area contributed by atoms with Crippen LogP contribution < -0.4 is 10.2 Å². The molecule has 0 spiro atoms. The van der Waals surface area contributed by atoms with Crippen LogP contribution in [0.3, 0.4) is 0 Å². The highest BCUT2D eigenvalue weighted by Crippen LogP contribution is 2.31. The van der Waals surface area contributed by atoms with Crippen LogP contribution in [0.2, 0.25) is 0 Å². The predicted molar refractivity (Wildman–Crippen MR) is 54.1 cm³/mol. The van der Waals surface area contributed by atoms with Gasteiger partial charge in [-0.1, -0.05) is 6.07 Å².